The summed E-state index contributed by atoms with van der Waals surface area (Å²) in [5.74, 6) is 0.429. The van der Waals surface area contributed by atoms with Crippen LogP contribution in [-0.4, -0.2) is 18.2 Å². The van der Waals surface area contributed by atoms with Gasteiger partial charge in [0.25, 0.3) is 5.91 Å². The van der Waals surface area contributed by atoms with E-state index in [2.05, 4.69) is 48.7 Å². The minimum absolute atomic E-state index is 0.0609. The highest BCUT2D eigenvalue weighted by molar-refractivity contribution is 6.44. The number of halogens is 1. The maximum Gasteiger partial charge on any atom is 0.269 e. The highest BCUT2D eigenvalue weighted by Gasteiger charge is 2.28. The van der Waals surface area contributed by atoms with E-state index >= 15 is 0 Å². The van der Waals surface area contributed by atoms with Gasteiger partial charge in [-0.1, -0.05) is 76.3 Å². The molecule has 0 spiro atoms. The van der Waals surface area contributed by atoms with E-state index in [1.165, 1.54) is 43.4 Å². The Balaban J connectivity index is 1.63. The fourth-order valence-corrected chi connectivity index (χ4v) is 5.05. The largest absolute Gasteiger partial charge is 0.358 e. The van der Waals surface area contributed by atoms with Gasteiger partial charge in [-0.05, 0) is 80.2 Å². The maximum absolute atomic E-state index is 13.5. The molecule has 2 aromatic rings. The summed E-state index contributed by atoms with van der Waals surface area (Å²) in [4.78, 5) is 12.9. The number of carbonyl (C=O) groups is 1. The molecule has 1 aliphatic rings. The van der Waals surface area contributed by atoms with Gasteiger partial charge in [0.1, 0.15) is 11.5 Å². The van der Waals surface area contributed by atoms with Crippen LogP contribution in [-0.2, 0) is 11.2 Å². The number of carbonyl (C=O) groups excluding carboxylic acids is 1. The topological polar surface area (TPSA) is 65.0 Å². The third-order valence-electron chi connectivity index (χ3n) is 7.60. The molecule has 1 aliphatic carbocycles. The van der Waals surface area contributed by atoms with Crippen molar-refractivity contribution in [1.82, 2.24) is 5.32 Å². The van der Waals surface area contributed by atoms with Crippen LogP contribution in [0.4, 0.5) is 10.1 Å². The second kappa shape index (κ2) is 15.3. The van der Waals surface area contributed by atoms with E-state index in [1.54, 1.807) is 12.1 Å². The molecule has 2 atom stereocenters. The number of allylic oxidation sites excluding steroid dienone is 1. The minimum atomic E-state index is -0.295. The number of aryl methyl sites for hydroxylation is 1. The number of anilines is 1. The lowest BCUT2D eigenvalue weighted by atomic mass is 9.81. The predicted octanol–water partition coefficient (Wildman–Crippen LogP) is 8.06. The molecule has 0 bridgehead atoms. The van der Waals surface area contributed by atoms with Gasteiger partial charge in [-0.25, -0.2) is 4.39 Å². The van der Waals surface area contributed by atoms with Crippen LogP contribution in [0.15, 0.2) is 65.9 Å². The number of rotatable bonds is 15. The second-order valence-electron chi connectivity index (χ2n) is 10.5. The van der Waals surface area contributed by atoms with Gasteiger partial charge in [0.05, 0.1) is 0 Å². The fraction of sp³-hybridized carbons (Fsp3) is 0.500. The van der Waals surface area contributed by atoms with Gasteiger partial charge in [-0.3, -0.25) is 10.2 Å². The average molecular weight is 506 g/mol. The second-order valence-corrected chi connectivity index (χ2v) is 10.5. The molecule has 37 heavy (non-hydrogen) atoms. The van der Waals surface area contributed by atoms with Gasteiger partial charge in [-0.2, -0.15) is 0 Å². The third-order valence-corrected chi connectivity index (χ3v) is 7.60. The summed E-state index contributed by atoms with van der Waals surface area (Å²) >= 11 is 0. The van der Waals surface area contributed by atoms with Crippen LogP contribution in [0.3, 0.4) is 0 Å². The van der Waals surface area contributed by atoms with Crippen molar-refractivity contribution in [2.24, 2.45) is 11.8 Å². The van der Waals surface area contributed by atoms with E-state index in [9.17, 15) is 9.18 Å². The molecule has 5 heteroatoms. The lowest BCUT2D eigenvalue weighted by Gasteiger charge is -2.30. The fourth-order valence-electron chi connectivity index (χ4n) is 5.05. The summed E-state index contributed by atoms with van der Waals surface area (Å²) in [6.45, 7) is 5.15. The molecule has 3 N–H and O–H groups in total. The summed E-state index contributed by atoms with van der Waals surface area (Å²) in [6, 6.07) is 16.7. The quantitative estimate of drug-likeness (QED) is 0.169. The molecule has 3 rings (SSSR count). The Labute approximate surface area is 222 Å². The number of unbranched alkanes of at least 4 members (excludes halogenated alkanes) is 3. The van der Waals surface area contributed by atoms with Crippen LogP contribution in [0, 0.1) is 23.1 Å². The lowest BCUT2D eigenvalue weighted by Crippen LogP contribution is -2.35. The first-order chi connectivity index (χ1) is 18.0. The number of nitrogens with one attached hydrogen (secondary N) is 3. The Morgan fingerprint density at radius 3 is 2.51 bits per heavy atom. The summed E-state index contributed by atoms with van der Waals surface area (Å²) in [5.41, 5.74) is 3.86. The molecule has 2 aromatic carbocycles. The van der Waals surface area contributed by atoms with Crippen LogP contribution < -0.4 is 10.6 Å². The van der Waals surface area contributed by atoms with Crippen molar-refractivity contribution in [3.05, 3.63) is 77.2 Å². The van der Waals surface area contributed by atoms with Crippen molar-refractivity contribution in [3.63, 3.8) is 0 Å². The molecule has 200 valence electrons. The van der Waals surface area contributed by atoms with Gasteiger partial charge in [0.2, 0.25) is 0 Å². The van der Waals surface area contributed by atoms with E-state index in [0.717, 1.165) is 61.4 Å². The molecular formula is C32H44FN3O. The smallest absolute Gasteiger partial charge is 0.269 e. The molecule has 0 heterocycles. The zero-order valence-electron chi connectivity index (χ0n) is 22.6. The Hall–Kier alpha value is -2.95. The van der Waals surface area contributed by atoms with Crippen LogP contribution in [0.25, 0.3) is 0 Å². The normalized spacial score (nSPS) is 16.4. The number of hydrogen-bond donors (Lipinski definition) is 3. The standard InChI is InChI=1S/C32H44FN3O/c1-3-24(2)12-7-4-5-10-23-35-32(37)30(34)29-16-11-15-26(18-17-25-13-8-6-9-14-25)31(29)36-28-21-19-27(33)20-22-28/h6,8-9,13-14,19-22,24,26,34,36H,3-5,7,10-12,15-18,23H2,1-2H3,(H,35,37). The van der Waals surface area contributed by atoms with Crippen molar-refractivity contribution in [1.29, 1.82) is 5.41 Å². The van der Waals surface area contributed by atoms with Crippen LogP contribution in [0.5, 0.6) is 0 Å². The van der Waals surface area contributed by atoms with Gasteiger partial charge in [0.15, 0.2) is 0 Å². The lowest BCUT2D eigenvalue weighted by molar-refractivity contribution is -0.114. The Morgan fingerprint density at radius 1 is 1.05 bits per heavy atom. The summed E-state index contributed by atoms with van der Waals surface area (Å²) < 4.78 is 13.5. The summed E-state index contributed by atoms with van der Waals surface area (Å²) in [5, 5.41) is 15.2. The predicted molar refractivity (Wildman–Crippen MR) is 152 cm³/mol. The highest BCUT2D eigenvalue weighted by atomic mass is 19.1. The van der Waals surface area contributed by atoms with E-state index < -0.39 is 0 Å². The molecule has 0 fully saturated rings. The number of hydrogen-bond acceptors (Lipinski definition) is 3. The Kier molecular flexibility index (Phi) is 11.9. The van der Waals surface area contributed by atoms with Crippen molar-refractivity contribution >= 4 is 17.3 Å². The van der Waals surface area contributed by atoms with E-state index in [0.29, 0.717) is 13.0 Å². The molecule has 2 unspecified atom stereocenters. The van der Waals surface area contributed by atoms with E-state index in [1.807, 2.05) is 6.07 Å². The van der Waals surface area contributed by atoms with Gasteiger partial charge < -0.3 is 10.6 Å². The van der Waals surface area contributed by atoms with E-state index in [4.69, 9.17) is 5.41 Å². The number of amides is 1. The zero-order chi connectivity index (χ0) is 26.5. The van der Waals surface area contributed by atoms with Gasteiger partial charge in [-0.15, -0.1) is 0 Å². The van der Waals surface area contributed by atoms with Crippen LogP contribution >= 0.6 is 0 Å². The molecule has 1 amide bonds. The highest BCUT2D eigenvalue weighted by Crippen LogP contribution is 2.35. The Bertz CT molecular complexity index is 1020. The molecule has 0 saturated carbocycles. The zero-order valence-corrected chi connectivity index (χ0v) is 22.6. The van der Waals surface area contributed by atoms with Crippen LogP contribution in [0.1, 0.15) is 83.6 Å². The molecule has 0 radical (unpaired) electrons. The molecule has 0 saturated heterocycles. The third kappa shape index (κ3) is 9.46. The van der Waals surface area contributed by atoms with Crippen molar-refractivity contribution in [2.45, 2.75) is 84.5 Å². The summed E-state index contributed by atoms with van der Waals surface area (Å²) in [6.07, 6.45) is 11.5. The van der Waals surface area contributed by atoms with Gasteiger partial charge >= 0.3 is 0 Å². The van der Waals surface area contributed by atoms with Crippen molar-refractivity contribution < 1.29 is 9.18 Å². The van der Waals surface area contributed by atoms with Gasteiger partial charge in [0, 0.05) is 23.5 Å². The maximum atomic E-state index is 13.5. The monoisotopic (exact) mass is 505 g/mol. The first-order valence-electron chi connectivity index (χ1n) is 14.1. The van der Waals surface area contributed by atoms with E-state index in [-0.39, 0.29) is 23.4 Å². The molecule has 4 nitrogen and oxygen atoms in total. The minimum Gasteiger partial charge on any atom is -0.358 e. The SMILES string of the molecule is CCC(C)CCCCCCNC(=O)C(=N)C1=C(Nc2ccc(F)cc2)C(CCc2ccccc2)CCC1. The number of benzene rings is 2. The summed E-state index contributed by atoms with van der Waals surface area (Å²) in [7, 11) is 0. The first kappa shape index (κ1) is 28.6. The average Bonchev–Trinajstić information content (AvgIpc) is 2.92. The van der Waals surface area contributed by atoms with Crippen LogP contribution in [0.2, 0.25) is 0 Å². The van der Waals surface area contributed by atoms with Crippen molar-refractivity contribution in [3.8, 4) is 0 Å². The molecular weight excluding hydrogens is 461 g/mol. The van der Waals surface area contributed by atoms with Crippen molar-refractivity contribution in [2.75, 3.05) is 11.9 Å². The Morgan fingerprint density at radius 2 is 1.78 bits per heavy atom. The molecule has 0 aromatic heterocycles. The first-order valence-corrected chi connectivity index (χ1v) is 14.1. The molecule has 0 aliphatic heterocycles.